The normalized spacial score (nSPS) is 9.93. The second-order valence-corrected chi connectivity index (χ2v) is 4.25. The van der Waals surface area contributed by atoms with Gasteiger partial charge >= 0.3 is 0 Å². The molecular formula is C9H9BrClFN2. The van der Waals surface area contributed by atoms with Crippen LogP contribution in [0.25, 0.3) is 0 Å². The molecule has 1 rings (SSSR count). The van der Waals surface area contributed by atoms with Crippen molar-refractivity contribution < 1.29 is 4.39 Å². The van der Waals surface area contributed by atoms with E-state index in [1.165, 1.54) is 12.1 Å². The van der Waals surface area contributed by atoms with Crippen molar-refractivity contribution in [2.75, 3.05) is 17.6 Å². The number of hydrogen-bond acceptors (Lipinski definition) is 2. The number of rotatable bonds is 3. The zero-order valence-electron chi connectivity index (χ0n) is 7.28. The predicted molar refractivity (Wildman–Crippen MR) is 62.4 cm³/mol. The van der Waals surface area contributed by atoms with Crippen molar-refractivity contribution in [3.05, 3.63) is 34.0 Å². The van der Waals surface area contributed by atoms with E-state index in [1.54, 1.807) is 0 Å². The lowest BCUT2D eigenvalue weighted by Crippen LogP contribution is -2.04. The van der Waals surface area contributed by atoms with Crippen molar-refractivity contribution in [2.45, 2.75) is 0 Å². The molecule has 0 saturated carbocycles. The fourth-order valence-electron chi connectivity index (χ4n) is 0.906. The molecule has 3 N–H and O–H groups in total. The zero-order chi connectivity index (χ0) is 10.7. The number of nitrogen functional groups attached to an aromatic ring is 1. The highest BCUT2D eigenvalue weighted by molar-refractivity contribution is 9.11. The van der Waals surface area contributed by atoms with Crippen molar-refractivity contribution in [1.29, 1.82) is 0 Å². The maximum Gasteiger partial charge on any atom is 0.143 e. The Hall–Kier alpha value is -0.740. The van der Waals surface area contributed by atoms with Crippen LogP contribution >= 0.6 is 27.5 Å². The van der Waals surface area contributed by atoms with Gasteiger partial charge < -0.3 is 11.1 Å². The summed E-state index contributed by atoms with van der Waals surface area (Å²) < 4.78 is 13.8. The largest absolute Gasteiger partial charge is 0.397 e. The van der Waals surface area contributed by atoms with E-state index in [-0.39, 0.29) is 5.02 Å². The van der Waals surface area contributed by atoms with E-state index >= 15 is 0 Å². The smallest absolute Gasteiger partial charge is 0.143 e. The minimum Gasteiger partial charge on any atom is -0.397 e. The van der Waals surface area contributed by atoms with Gasteiger partial charge in [0, 0.05) is 17.1 Å². The van der Waals surface area contributed by atoms with E-state index in [9.17, 15) is 4.39 Å². The predicted octanol–water partition coefficient (Wildman–Crippen LogP) is 3.38. The molecule has 1 aromatic rings. The number of hydrogen-bond donors (Lipinski definition) is 2. The fraction of sp³-hybridized carbons (Fsp3) is 0.111. The van der Waals surface area contributed by atoms with E-state index in [4.69, 9.17) is 17.3 Å². The second-order valence-electron chi connectivity index (χ2n) is 2.72. The van der Waals surface area contributed by atoms with E-state index in [0.29, 0.717) is 17.9 Å². The van der Waals surface area contributed by atoms with Crippen LogP contribution in [0, 0.1) is 5.82 Å². The van der Waals surface area contributed by atoms with Gasteiger partial charge in [0.2, 0.25) is 0 Å². The van der Waals surface area contributed by atoms with Crippen LogP contribution in [0.4, 0.5) is 15.8 Å². The average Bonchev–Trinajstić information content (AvgIpc) is 2.09. The Bertz CT molecular complexity index is 368. The van der Waals surface area contributed by atoms with Gasteiger partial charge in [-0.2, -0.15) is 0 Å². The Balaban J connectivity index is 2.87. The van der Waals surface area contributed by atoms with Gasteiger partial charge in [-0.25, -0.2) is 4.39 Å². The third-order valence-corrected chi connectivity index (χ3v) is 2.13. The number of benzene rings is 1. The molecule has 0 unspecified atom stereocenters. The Kier molecular flexibility index (Phi) is 3.77. The summed E-state index contributed by atoms with van der Waals surface area (Å²) in [4.78, 5) is 0. The molecule has 0 spiro atoms. The highest BCUT2D eigenvalue weighted by atomic mass is 79.9. The molecule has 2 nitrogen and oxygen atoms in total. The fourth-order valence-corrected chi connectivity index (χ4v) is 1.22. The SMILES string of the molecule is C=C(Br)CNc1cc(F)c(Cl)cc1N. The standard InChI is InChI=1S/C9H9BrClFN2/c1-5(10)4-14-9-3-7(12)6(11)2-8(9)13/h2-3,14H,1,4,13H2. The molecule has 0 aliphatic rings. The van der Waals surface area contributed by atoms with Gasteiger partial charge in [-0.05, 0) is 6.07 Å². The van der Waals surface area contributed by atoms with Crippen molar-refractivity contribution in [3.8, 4) is 0 Å². The second kappa shape index (κ2) is 4.66. The van der Waals surface area contributed by atoms with Crippen LogP contribution in [0.15, 0.2) is 23.2 Å². The average molecular weight is 280 g/mol. The first kappa shape index (κ1) is 11.3. The van der Waals surface area contributed by atoms with Gasteiger partial charge in [0.05, 0.1) is 16.4 Å². The molecule has 0 bridgehead atoms. The number of nitrogens with two attached hydrogens (primary N) is 1. The van der Waals surface area contributed by atoms with Crippen molar-refractivity contribution in [2.24, 2.45) is 0 Å². The molecule has 0 saturated heterocycles. The van der Waals surface area contributed by atoms with Gasteiger partial charge in [0.1, 0.15) is 5.82 Å². The third-order valence-electron chi connectivity index (χ3n) is 1.56. The molecule has 0 radical (unpaired) electrons. The lowest BCUT2D eigenvalue weighted by atomic mass is 10.2. The zero-order valence-corrected chi connectivity index (χ0v) is 9.62. The first-order valence-corrected chi connectivity index (χ1v) is 4.99. The van der Waals surface area contributed by atoms with E-state index in [0.717, 1.165) is 4.48 Å². The minimum absolute atomic E-state index is 0.0192. The maximum absolute atomic E-state index is 13.0. The summed E-state index contributed by atoms with van der Waals surface area (Å²) in [5, 5.41) is 2.93. The van der Waals surface area contributed by atoms with E-state index < -0.39 is 5.82 Å². The number of nitrogens with one attached hydrogen (secondary N) is 1. The Morgan fingerprint density at radius 3 is 2.86 bits per heavy atom. The molecular weight excluding hydrogens is 270 g/mol. The maximum atomic E-state index is 13.0. The van der Waals surface area contributed by atoms with Crippen molar-refractivity contribution in [1.82, 2.24) is 0 Å². The van der Waals surface area contributed by atoms with Gasteiger partial charge in [-0.1, -0.05) is 34.1 Å². The highest BCUT2D eigenvalue weighted by Gasteiger charge is 2.05. The summed E-state index contributed by atoms with van der Waals surface area (Å²) in [7, 11) is 0. The molecule has 0 aliphatic heterocycles. The Morgan fingerprint density at radius 1 is 1.64 bits per heavy atom. The van der Waals surface area contributed by atoms with Gasteiger partial charge in [-0.15, -0.1) is 0 Å². The lowest BCUT2D eigenvalue weighted by molar-refractivity contribution is 0.629. The molecule has 14 heavy (non-hydrogen) atoms. The third kappa shape index (κ3) is 2.89. The van der Waals surface area contributed by atoms with Crippen LogP contribution in [0.1, 0.15) is 0 Å². The van der Waals surface area contributed by atoms with Crippen molar-refractivity contribution in [3.63, 3.8) is 0 Å². The molecule has 0 aliphatic carbocycles. The molecule has 0 heterocycles. The molecule has 0 fully saturated rings. The molecule has 76 valence electrons. The summed E-state index contributed by atoms with van der Waals surface area (Å²) in [6.45, 7) is 4.11. The van der Waals surface area contributed by atoms with E-state index in [1.807, 2.05) is 0 Å². The monoisotopic (exact) mass is 278 g/mol. The van der Waals surface area contributed by atoms with Gasteiger partial charge in [0.25, 0.3) is 0 Å². The molecule has 0 atom stereocenters. The summed E-state index contributed by atoms with van der Waals surface area (Å²) >= 11 is 8.71. The summed E-state index contributed by atoms with van der Waals surface area (Å²) in [6, 6.07) is 2.63. The summed E-state index contributed by atoms with van der Waals surface area (Å²) in [5.74, 6) is -0.497. The number of halogens is 3. The van der Waals surface area contributed by atoms with Crippen molar-refractivity contribution >= 4 is 38.9 Å². The van der Waals surface area contributed by atoms with Crippen LogP contribution in [0.3, 0.4) is 0 Å². The van der Waals surface area contributed by atoms with Gasteiger partial charge in [-0.3, -0.25) is 0 Å². The molecule has 0 amide bonds. The Morgan fingerprint density at radius 2 is 2.29 bits per heavy atom. The summed E-state index contributed by atoms with van der Waals surface area (Å²) in [5.41, 5.74) is 6.53. The quantitative estimate of drug-likeness (QED) is 0.833. The van der Waals surface area contributed by atoms with Crippen LogP contribution in [0.5, 0.6) is 0 Å². The van der Waals surface area contributed by atoms with Crippen LogP contribution < -0.4 is 11.1 Å². The number of anilines is 2. The molecule has 5 heteroatoms. The Labute approximate surface area is 95.1 Å². The van der Waals surface area contributed by atoms with Crippen LogP contribution in [-0.2, 0) is 0 Å². The highest BCUT2D eigenvalue weighted by Crippen LogP contribution is 2.26. The molecule has 0 aromatic heterocycles. The topological polar surface area (TPSA) is 38.0 Å². The minimum atomic E-state index is -0.497. The van der Waals surface area contributed by atoms with Crippen LogP contribution in [-0.4, -0.2) is 6.54 Å². The first-order chi connectivity index (χ1) is 6.50. The first-order valence-electron chi connectivity index (χ1n) is 3.82. The molecule has 1 aromatic carbocycles. The summed E-state index contributed by atoms with van der Waals surface area (Å²) in [6.07, 6.45) is 0. The lowest BCUT2D eigenvalue weighted by Gasteiger charge is -2.09. The van der Waals surface area contributed by atoms with Crippen LogP contribution in [0.2, 0.25) is 5.02 Å². The van der Waals surface area contributed by atoms with Gasteiger partial charge in [0.15, 0.2) is 0 Å². The van der Waals surface area contributed by atoms with E-state index in [2.05, 4.69) is 27.8 Å².